The van der Waals surface area contributed by atoms with Crippen molar-refractivity contribution in [2.75, 3.05) is 18.0 Å². The average molecular weight is 349 g/mol. The number of Topliss-reactive ketones (excluding diaryl/α,β-unsaturated/α-hetero) is 1. The van der Waals surface area contributed by atoms with Gasteiger partial charge in [0.2, 0.25) is 5.78 Å². The largest absolute Gasteiger partial charge is 0.372 e. The van der Waals surface area contributed by atoms with Crippen molar-refractivity contribution in [2.45, 2.75) is 13.8 Å². The van der Waals surface area contributed by atoms with Gasteiger partial charge in [-0.1, -0.05) is 30.3 Å². The van der Waals surface area contributed by atoms with Gasteiger partial charge in [0.25, 0.3) is 5.69 Å². The topological polar surface area (TPSA) is 87.2 Å². The number of non-ortho nitro benzene ring substituents is 1. The van der Waals surface area contributed by atoms with Gasteiger partial charge in [-0.3, -0.25) is 14.9 Å². The molecule has 26 heavy (non-hydrogen) atoms. The molecule has 2 aromatic rings. The SMILES string of the molecule is CCN(CC)c1ccc([N+](=O)[O-])cc1/C=C(/C#N)C(=O)c1ccccc1. The number of carbonyl (C=O) groups excluding carboxylic acids is 1. The van der Waals surface area contributed by atoms with E-state index in [1.54, 1.807) is 36.4 Å². The molecule has 0 N–H and O–H groups in total. The molecular formula is C20H19N3O3. The Hall–Kier alpha value is -3.46. The summed E-state index contributed by atoms with van der Waals surface area (Å²) < 4.78 is 0. The molecule has 0 aliphatic rings. The van der Waals surface area contributed by atoms with Crippen LogP contribution < -0.4 is 4.90 Å². The second-order valence-electron chi connectivity index (χ2n) is 5.54. The lowest BCUT2D eigenvalue weighted by molar-refractivity contribution is -0.384. The van der Waals surface area contributed by atoms with Crippen molar-refractivity contribution < 1.29 is 9.72 Å². The number of hydrogen-bond donors (Lipinski definition) is 0. The van der Waals surface area contributed by atoms with E-state index in [1.165, 1.54) is 18.2 Å². The molecule has 0 unspecified atom stereocenters. The van der Waals surface area contributed by atoms with Gasteiger partial charge < -0.3 is 4.90 Å². The van der Waals surface area contributed by atoms with Gasteiger partial charge in [-0.05, 0) is 26.0 Å². The summed E-state index contributed by atoms with van der Waals surface area (Å²) in [5.74, 6) is -0.412. The number of nitrogens with zero attached hydrogens (tertiary/aromatic N) is 3. The van der Waals surface area contributed by atoms with E-state index in [-0.39, 0.29) is 11.3 Å². The van der Waals surface area contributed by atoms with Crippen molar-refractivity contribution in [3.8, 4) is 6.07 Å². The summed E-state index contributed by atoms with van der Waals surface area (Å²) in [5, 5.41) is 20.6. The average Bonchev–Trinajstić information content (AvgIpc) is 2.67. The van der Waals surface area contributed by atoms with E-state index in [4.69, 9.17) is 0 Å². The van der Waals surface area contributed by atoms with E-state index in [9.17, 15) is 20.2 Å². The van der Waals surface area contributed by atoms with Crippen molar-refractivity contribution in [1.29, 1.82) is 5.26 Å². The Morgan fingerprint density at radius 1 is 1.19 bits per heavy atom. The molecule has 2 rings (SSSR count). The van der Waals surface area contributed by atoms with Gasteiger partial charge in [0, 0.05) is 42.0 Å². The van der Waals surface area contributed by atoms with E-state index >= 15 is 0 Å². The molecule has 0 saturated carbocycles. The fourth-order valence-electron chi connectivity index (χ4n) is 2.67. The third-order valence-corrected chi connectivity index (χ3v) is 4.03. The lowest BCUT2D eigenvalue weighted by Gasteiger charge is -2.23. The fraction of sp³-hybridized carbons (Fsp3) is 0.200. The van der Waals surface area contributed by atoms with Crippen molar-refractivity contribution >= 4 is 23.2 Å². The number of carbonyl (C=O) groups is 1. The molecule has 0 aliphatic carbocycles. The van der Waals surface area contributed by atoms with Gasteiger partial charge in [0.05, 0.1) is 4.92 Å². The summed E-state index contributed by atoms with van der Waals surface area (Å²) in [6, 6.07) is 14.9. The number of benzene rings is 2. The molecular weight excluding hydrogens is 330 g/mol. The van der Waals surface area contributed by atoms with Crippen LogP contribution in [0.25, 0.3) is 6.08 Å². The Balaban J connectivity index is 2.57. The number of rotatable bonds is 7. The van der Waals surface area contributed by atoms with Gasteiger partial charge in [-0.25, -0.2) is 0 Å². The Kier molecular flexibility index (Phi) is 6.23. The van der Waals surface area contributed by atoms with Gasteiger partial charge in [-0.15, -0.1) is 0 Å². The van der Waals surface area contributed by atoms with E-state index in [2.05, 4.69) is 0 Å². The van der Waals surface area contributed by atoms with Gasteiger partial charge in [-0.2, -0.15) is 5.26 Å². The summed E-state index contributed by atoms with van der Waals surface area (Å²) in [6.45, 7) is 5.34. The van der Waals surface area contributed by atoms with Crippen LogP contribution >= 0.6 is 0 Å². The van der Waals surface area contributed by atoms with Crippen LogP contribution in [0.3, 0.4) is 0 Å². The smallest absolute Gasteiger partial charge is 0.270 e. The minimum absolute atomic E-state index is 0.0647. The van der Waals surface area contributed by atoms with Crippen molar-refractivity contribution in [1.82, 2.24) is 0 Å². The summed E-state index contributed by atoms with van der Waals surface area (Å²) in [6.07, 6.45) is 1.43. The maximum absolute atomic E-state index is 12.6. The Bertz CT molecular complexity index is 879. The lowest BCUT2D eigenvalue weighted by atomic mass is 10.0. The Morgan fingerprint density at radius 2 is 1.85 bits per heavy atom. The molecule has 0 bridgehead atoms. The van der Waals surface area contributed by atoms with E-state index < -0.39 is 10.7 Å². The summed E-state index contributed by atoms with van der Waals surface area (Å²) in [4.78, 5) is 25.2. The van der Waals surface area contributed by atoms with Gasteiger partial charge >= 0.3 is 0 Å². The van der Waals surface area contributed by atoms with Crippen LogP contribution in [0.4, 0.5) is 11.4 Å². The first-order valence-electron chi connectivity index (χ1n) is 8.26. The number of hydrogen-bond acceptors (Lipinski definition) is 5. The van der Waals surface area contributed by atoms with Crippen LogP contribution in [0, 0.1) is 21.4 Å². The molecule has 0 aliphatic heterocycles. The first-order chi connectivity index (χ1) is 12.5. The highest BCUT2D eigenvalue weighted by Gasteiger charge is 2.17. The zero-order valence-corrected chi connectivity index (χ0v) is 14.7. The van der Waals surface area contributed by atoms with Crippen LogP contribution in [-0.4, -0.2) is 23.8 Å². The van der Waals surface area contributed by atoms with Crippen molar-refractivity contribution in [3.05, 3.63) is 75.3 Å². The predicted molar refractivity (Wildman–Crippen MR) is 101 cm³/mol. The van der Waals surface area contributed by atoms with Crippen LogP contribution in [0.2, 0.25) is 0 Å². The molecule has 6 heteroatoms. The number of ketones is 1. The molecule has 0 spiro atoms. The fourth-order valence-corrected chi connectivity index (χ4v) is 2.67. The summed E-state index contributed by atoms with van der Waals surface area (Å²) in [7, 11) is 0. The number of nitro groups is 1. The normalized spacial score (nSPS) is 10.9. The highest BCUT2D eigenvalue weighted by atomic mass is 16.6. The highest BCUT2D eigenvalue weighted by molar-refractivity contribution is 6.14. The van der Waals surface area contributed by atoms with E-state index in [0.29, 0.717) is 24.2 Å². The molecule has 0 amide bonds. The Morgan fingerprint density at radius 3 is 2.38 bits per heavy atom. The third-order valence-electron chi connectivity index (χ3n) is 4.03. The molecule has 0 radical (unpaired) electrons. The molecule has 0 atom stereocenters. The van der Waals surface area contributed by atoms with Gasteiger partial charge in [0.15, 0.2) is 0 Å². The second-order valence-corrected chi connectivity index (χ2v) is 5.54. The number of anilines is 1. The van der Waals surface area contributed by atoms with Crippen LogP contribution in [0.1, 0.15) is 29.8 Å². The molecule has 0 aromatic heterocycles. The molecule has 0 fully saturated rings. The number of allylic oxidation sites excluding steroid dienone is 1. The lowest BCUT2D eigenvalue weighted by Crippen LogP contribution is -2.22. The predicted octanol–water partition coefficient (Wildman–Crippen LogP) is 4.23. The maximum atomic E-state index is 12.6. The molecule has 6 nitrogen and oxygen atoms in total. The number of nitriles is 1. The molecule has 2 aromatic carbocycles. The van der Waals surface area contributed by atoms with Crippen LogP contribution in [0.5, 0.6) is 0 Å². The standard InChI is InChI=1S/C20H19N3O3/c1-3-22(4-2)19-11-10-18(23(25)26)13-16(19)12-17(14-21)20(24)15-8-6-5-7-9-15/h5-13H,3-4H2,1-2H3/b17-12-. The third kappa shape index (κ3) is 4.14. The minimum Gasteiger partial charge on any atom is -0.372 e. The second kappa shape index (κ2) is 8.58. The first-order valence-corrected chi connectivity index (χ1v) is 8.26. The maximum Gasteiger partial charge on any atom is 0.270 e. The van der Waals surface area contributed by atoms with Gasteiger partial charge in [0.1, 0.15) is 11.6 Å². The zero-order chi connectivity index (χ0) is 19.1. The number of nitro benzene ring substituents is 1. The minimum atomic E-state index is -0.492. The monoisotopic (exact) mass is 349 g/mol. The molecule has 0 saturated heterocycles. The summed E-state index contributed by atoms with van der Waals surface area (Å²) in [5.41, 5.74) is 1.47. The van der Waals surface area contributed by atoms with Crippen LogP contribution in [-0.2, 0) is 0 Å². The quantitative estimate of drug-likeness (QED) is 0.245. The Labute approximate surface area is 152 Å². The highest BCUT2D eigenvalue weighted by Crippen LogP contribution is 2.28. The van der Waals surface area contributed by atoms with Crippen LogP contribution in [0.15, 0.2) is 54.1 Å². The zero-order valence-electron chi connectivity index (χ0n) is 14.7. The summed E-state index contributed by atoms with van der Waals surface area (Å²) >= 11 is 0. The van der Waals surface area contributed by atoms with Crippen molar-refractivity contribution in [3.63, 3.8) is 0 Å². The van der Waals surface area contributed by atoms with Crippen molar-refractivity contribution in [2.24, 2.45) is 0 Å². The molecule has 0 heterocycles. The first kappa shape index (κ1) is 18.9. The van der Waals surface area contributed by atoms with E-state index in [0.717, 1.165) is 5.69 Å². The molecule has 132 valence electrons. The van der Waals surface area contributed by atoms with E-state index in [1.807, 2.05) is 24.8 Å².